The van der Waals surface area contributed by atoms with Gasteiger partial charge in [-0.25, -0.2) is 0 Å². The topological polar surface area (TPSA) is 95.9 Å². The van der Waals surface area contributed by atoms with Crippen LogP contribution in [-0.2, 0) is 4.74 Å². The van der Waals surface area contributed by atoms with Crippen LogP contribution in [-0.4, -0.2) is 46.0 Å². The molecule has 0 saturated carbocycles. The number of hydrogen-bond donors (Lipinski definition) is 4. The van der Waals surface area contributed by atoms with E-state index in [0.717, 1.165) is 0 Å². The Hall–Kier alpha value is -0.200. The Morgan fingerprint density at radius 3 is 2.27 bits per heavy atom. The zero-order valence-electron chi connectivity index (χ0n) is 6.21. The summed E-state index contributed by atoms with van der Waals surface area (Å²) in [6.45, 7) is 1.63. The fraction of sp³-hybridized carbons (Fsp3) is 1.00. The number of nitrogens with two attached hydrogens (primary N) is 1. The molecule has 0 aromatic rings. The van der Waals surface area contributed by atoms with Crippen LogP contribution in [0.2, 0.25) is 0 Å². The maximum atomic E-state index is 9.17. The van der Waals surface area contributed by atoms with Crippen molar-refractivity contribution < 1.29 is 20.1 Å². The summed E-state index contributed by atoms with van der Waals surface area (Å²) in [7, 11) is 0. The van der Waals surface area contributed by atoms with Crippen LogP contribution in [0, 0.1) is 0 Å². The van der Waals surface area contributed by atoms with Crippen LogP contribution in [0.4, 0.5) is 0 Å². The summed E-state index contributed by atoms with van der Waals surface area (Å²) in [5.41, 5.74) is 5.43. The molecule has 0 aromatic heterocycles. The van der Waals surface area contributed by atoms with E-state index in [-0.39, 0.29) is 0 Å². The normalized spacial score (nSPS) is 52.6. The first-order valence-corrected chi connectivity index (χ1v) is 3.49. The van der Waals surface area contributed by atoms with E-state index in [4.69, 9.17) is 20.7 Å². The molecule has 11 heavy (non-hydrogen) atoms. The average molecular weight is 163 g/mol. The van der Waals surface area contributed by atoms with E-state index in [2.05, 4.69) is 0 Å². The first-order valence-electron chi connectivity index (χ1n) is 3.49. The van der Waals surface area contributed by atoms with Crippen molar-refractivity contribution in [3.8, 4) is 0 Å². The Balaban J connectivity index is 2.63. The van der Waals surface area contributed by atoms with Crippen molar-refractivity contribution in [3.05, 3.63) is 0 Å². The van der Waals surface area contributed by atoms with Gasteiger partial charge in [0.25, 0.3) is 0 Å². The molecule has 0 aromatic carbocycles. The first kappa shape index (κ1) is 8.89. The molecule has 5 atom stereocenters. The molecule has 1 rings (SSSR count). The van der Waals surface area contributed by atoms with Gasteiger partial charge >= 0.3 is 0 Å². The van der Waals surface area contributed by atoms with E-state index in [1.807, 2.05) is 0 Å². The second-order valence-electron chi connectivity index (χ2n) is 2.79. The van der Waals surface area contributed by atoms with Gasteiger partial charge in [0, 0.05) is 0 Å². The molecule has 66 valence electrons. The molecule has 0 unspecified atom stereocenters. The van der Waals surface area contributed by atoms with Gasteiger partial charge in [0.15, 0.2) is 6.29 Å². The highest BCUT2D eigenvalue weighted by molar-refractivity contribution is 4.89. The maximum absolute atomic E-state index is 9.17. The van der Waals surface area contributed by atoms with Crippen LogP contribution >= 0.6 is 0 Å². The highest BCUT2D eigenvalue weighted by Crippen LogP contribution is 2.17. The number of aliphatic hydroxyl groups is 3. The van der Waals surface area contributed by atoms with Crippen molar-refractivity contribution in [3.63, 3.8) is 0 Å². The average Bonchev–Trinajstić information content (AvgIpc) is 1.97. The van der Waals surface area contributed by atoms with Crippen molar-refractivity contribution in [2.45, 2.75) is 37.6 Å². The zero-order chi connectivity index (χ0) is 8.59. The minimum Gasteiger partial charge on any atom is -0.388 e. The van der Waals surface area contributed by atoms with Crippen LogP contribution in [0.1, 0.15) is 6.92 Å². The number of ether oxygens (including phenoxy) is 1. The molecule has 1 aliphatic heterocycles. The van der Waals surface area contributed by atoms with Gasteiger partial charge in [-0.1, -0.05) is 0 Å². The summed E-state index contributed by atoms with van der Waals surface area (Å²) in [6, 6.07) is -0.645. The molecule has 1 fully saturated rings. The highest BCUT2D eigenvalue weighted by atomic mass is 16.6. The Morgan fingerprint density at radius 2 is 1.73 bits per heavy atom. The molecule has 0 amide bonds. The first-order chi connectivity index (χ1) is 5.04. The largest absolute Gasteiger partial charge is 0.388 e. The highest BCUT2D eigenvalue weighted by Gasteiger charge is 2.39. The summed E-state index contributed by atoms with van der Waals surface area (Å²) >= 11 is 0. The standard InChI is InChI=1S/C6H13NO4/c1-2-3(7)4(8)5(9)6(10)11-2/h2-6,8-10H,7H2,1H3/t2-,3-,4+,5+,6+/m1/s1. The Bertz CT molecular complexity index is 129. The van der Waals surface area contributed by atoms with E-state index in [1.54, 1.807) is 6.92 Å². The van der Waals surface area contributed by atoms with Gasteiger partial charge in [-0.3, -0.25) is 0 Å². The summed E-state index contributed by atoms with van der Waals surface area (Å²) in [4.78, 5) is 0. The van der Waals surface area contributed by atoms with Crippen LogP contribution in [0.25, 0.3) is 0 Å². The van der Waals surface area contributed by atoms with Gasteiger partial charge in [0.05, 0.1) is 12.1 Å². The second kappa shape index (κ2) is 3.04. The van der Waals surface area contributed by atoms with Crippen LogP contribution in [0.5, 0.6) is 0 Å². The van der Waals surface area contributed by atoms with E-state index in [0.29, 0.717) is 0 Å². The maximum Gasteiger partial charge on any atom is 0.183 e. The lowest BCUT2D eigenvalue weighted by atomic mass is 9.98. The minimum atomic E-state index is -1.33. The predicted molar refractivity (Wildman–Crippen MR) is 36.5 cm³/mol. The third-order valence-corrected chi connectivity index (χ3v) is 1.93. The lowest BCUT2D eigenvalue weighted by molar-refractivity contribution is -0.249. The lowest BCUT2D eigenvalue weighted by Crippen LogP contribution is -2.60. The van der Waals surface area contributed by atoms with E-state index >= 15 is 0 Å². The molecule has 1 saturated heterocycles. The smallest absolute Gasteiger partial charge is 0.183 e. The fourth-order valence-corrected chi connectivity index (χ4v) is 1.07. The van der Waals surface area contributed by atoms with Crippen LogP contribution in [0.3, 0.4) is 0 Å². The molecule has 0 spiro atoms. The van der Waals surface area contributed by atoms with Gasteiger partial charge in [-0.05, 0) is 6.92 Å². The summed E-state index contributed by atoms with van der Waals surface area (Å²) < 4.78 is 4.80. The quantitative estimate of drug-likeness (QED) is 0.324. The molecular weight excluding hydrogens is 150 g/mol. The van der Waals surface area contributed by atoms with E-state index in [9.17, 15) is 5.11 Å². The molecule has 1 aliphatic rings. The van der Waals surface area contributed by atoms with E-state index in [1.165, 1.54) is 0 Å². The third kappa shape index (κ3) is 1.52. The van der Waals surface area contributed by atoms with Crippen LogP contribution in [0.15, 0.2) is 0 Å². The van der Waals surface area contributed by atoms with E-state index < -0.39 is 30.6 Å². The molecule has 5 N–H and O–H groups in total. The zero-order valence-corrected chi connectivity index (χ0v) is 6.21. The molecule has 5 heteroatoms. The SMILES string of the molecule is C[C@H]1O[C@H](O)[C@@H](O)[C@@H](O)[C@@H]1N. The fourth-order valence-electron chi connectivity index (χ4n) is 1.07. The lowest BCUT2D eigenvalue weighted by Gasteiger charge is -2.37. The van der Waals surface area contributed by atoms with Gasteiger partial charge in [0.1, 0.15) is 12.2 Å². The van der Waals surface area contributed by atoms with Crippen LogP contribution < -0.4 is 5.73 Å². The van der Waals surface area contributed by atoms with Gasteiger partial charge in [-0.15, -0.1) is 0 Å². The van der Waals surface area contributed by atoms with Crippen molar-refractivity contribution in [1.82, 2.24) is 0 Å². The Kier molecular flexibility index (Phi) is 2.46. The Morgan fingerprint density at radius 1 is 1.18 bits per heavy atom. The summed E-state index contributed by atoms with van der Waals surface area (Å²) in [6.07, 6.45) is -4.20. The second-order valence-corrected chi connectivity index (χ2v) is 2.79. The number of rotatable bonds is 0. The van der Waals surface area contributed by atoms with Crippen molar-refractivity contribution >= 4 is 0 Å². The van der Waals surface area contributed by atoms with Crippen molar-refractivity contribution in [2.75, 3.05) is 0 Å². The summed E-state index contributed by atoms with van der Waals surface area (Å²) in [5, 5.41) is 27.1. The Labute approximate surface area is 64.4 Å². The number of aliphatic hydroxyl groups excluding tert-OH is 3. The third-order valence-electron chi connectivity index (χ3n) is 1.93. The van der Waals surface area contributed by atoms with Crippen molar-refractivity contribution in [1.29, 1.82) is 0 Å². The molecule has 5 nitrogen and oxygen atoms in total. The summed E-state index contributed by atoms with van der Waals surface area (Å²) in [5.74, 6) is 0. The van der Waals surface area contributed by atoms with Gasteiger partial charge in [-0.2, -0.15) is 0 Å². The number of hydrogen-bond acceptors (Lipinski definition) is 5. The van der Waals surface area contributed by atoms with Crippen molar-refractivity contribution in [2.24, 2.45) is 5.73 Å². The predicted octanol–water partition coefficient (Wildman–Crippen LogP) is -2.23. The monoisotopic (exact) mass is 163 g/mol. The molecule has 0 bridgehead atoms. The minimum absolute atomic E-state index is 0.441. The molecule has 0 aliphatic carbocycles. The molecule has 1 heterocycles. The van der Waals surface area contributed by atoms with Gasteiger partial charge < -0.3 is 25.8 Å². The molecule has 0 radical (unpaired) electrons. The molecular formula is C6H13NO4. The van der Waals surface area contributed by atoms with Gasteiger partial charge in [0.2, 0.25) is 0 Å².